The fourth-order valence-electron chi connectivity index (χ4n) is 6.26. The number of nitrogens with one attached hydrogen (secondary N) is 1. The Balaban J connectivity index is 0.926. The number of H-pyrrole nitrogens is 1. The molecule has 2 atom stereocenters. The number of aromatic amines is 1. The van der Waals surface area contributed by atoms with Crippen LogP contribution in [0.4, 0.5) is 10.3 Å². The van der Waals surface area contributed by atoms with Crippen molar-refractivity contribution in [1.29, 1.82) is 0 Å². The van der Waals surface area contributed by atoms with Crippen LogP contribution in [0.1, 0.15) is 53.8 Å². The molecule has 2 fully saturated rings. The Bertz CT molecular complexity index is 1320. The molecule has 1 amide bonds. The number of nitrogens with zero attached hydrogens (tertiary/aromatic N) is 5. The first kappa shape index (κ1) is 25.8. The SMILES string of the molecule is Cc1cnc(N2CCC([C@H]3C[C@H]3CCOc3ccc(CC(=O)N4CCc5n[nH]c(C)c5C4)c(F)c3)CC2)nc1. The highest BCUT2D eigenvalue weighted by Crippen LogP contribution is 2.49. The molecule has 0 radical (unpaired) electrons. The van der Waals surface area contributed by atoms with Crippen molar-refractivity contribution >= 4 is 11.9 Å². The number of hydrogen-bond acceptors (Lipinski definition) is 6. The number of carbonyl (C=O) groups excluding carboxylic acids is 1. The van der Waals surface area contributed by atoms with E-state index >= 15 is 0 Å². The Morgan fingerprint density at radius 2 is 1.95 bits per heavy atom. The van der Waals surface area contributed by atoms with E-state index in [1.807, 2.05) is 26.2 Å². The van der Waals surface area contributed by atoms with E-state index in [1.165, 1.54) is 25.3 Å². The van der Waals surface area contributed by atoms with Gasteiger partial charge in [-0.3, -0.25) is 9.89 Å². The smallest absolute Gasteiger partial charge is 0.227 e. The summed E-state index contributed by atoms with van der Waals surface area (Å²) in [6.45, 7) is 7.74. The highest BCUT2D eigenvalue weighted by atomic mass is 19.1. The van der Waals surface area contributed by atoms with E-state index < -0.39 is 0 Å². The van der Waals surface area contributed by atoms with Crippen LogP contribution < -0.4 is 9.64 Å². The summed E-state index contributed by atoms with van der Waals surface area (Å²) in [5, 5.41) is 7.29. The van der Waals surface area contributed by atoms with Crippen molar-refractivity contribution in [3.05, 3.63) is 64.5 Å². The summed E-state index contributed by atoms with van der Waals surface area (Å²) < 4.78 is 20.7. The van der Waals surface area contributed by atoms with Crippen molar-refractivity contribution in [2.45, 2.75) is 58.9 Å². The number of aryl methyl sites for hydroxylation is 2. The quantitative estimate of drug-likeness (QED) is 0.463. The van der Waals surface area contributed by atoms with Gasteiger partial charge < -0.3 is 14.5 Å². The summed E-state index contributed by atoms with van der Waals surface area (Å²) in [6, 6.07) is 4.89. The zero-order valence-electron chi connectivity index (χ0n) is 22.8. The lowest BCUT2D eigenvalue weighted by molar-refractivity contribution is -0.131. The van der Waals surface area contributed by atoms with E-state index in [0.717, 1.165) is 66.2 Å². The van der Waals surface area contributed by atoms with Gasteiger partial charge in [0.15, 0.2) is 0 Å². The fourth-order valence-corrected chi connectivity index (χ4v) is 6.26. The molecule has 206 valence electrons. The molecule has 39 heavy (non-hydrogen) atoms. The van der Waals surface area contributed by atoms with Crippen molar-refractivity contribution < 1.29 is 13.9 Å². The number of ether oxygens (including phenoxy) is 1. The van der Waals surface area contributed by atoms with Crippen LogP contribution in [0.5, 0.6) is 5.75 Å². The molecule has 1 aliphatic carbocycles. The average Bonchev–Trinajstić information content (AvgIpc) is 3.63. The van der Waals surface area contributed by atoms with Gasteiger partial charge in [0.05, 0.1) is 18.7 Å². The third kappa shape index (κ3) is 5.77. The molecule has 0 bridgehead atoms. The third-order valence-corrected chi connectivity index (χ3v) is 8.78. The molecule has 1 saturated carbocycles. The number of piperidine rings is 1. The lowest BCUT2D eigenvalue weighted by Gasteiger charge is -2.32. The van der Waals surface area contributed by atoms with E-state index in [2.05, 4.69) is 25.1 Å². The number of amides is 1. The summed E-state index contributed by atoms with van der Waals surface area (Å²) in [7, 11) is 0. The first-order valence-electron chi connectivity index (χ1n) is 14.2. The van der Waals surface area contributed by atoms with Crippen molar-refractivity contribution in [3.8, 4) is 5.75 Å². The molecule has 2 aromatic heterocycles. The topological polar surface area (TPSA) is 87.2 Å². The van der Waals surface area contributed by atoms with Crippen LogP contribution >= 0.6 is 0 Å². The molecular weight excluding hydrogens is 495 g/mol. The van der Waals surface area contributed by atoms with Gasteiger partial charge in [-0.25, -0.2) is 14.4 Å². The molecule has 3 aliphatic rings. The second kappa shape index (κ2) is 10.9. The number of hydrogen-bond donors (Lipinski definition) is 1. The largest absolute Gasteiger partial charge is 0.493 e. The molecule has 8 nitrogen and oxygen atoms in total. The number of fused-ring (bicyclic) bond motifs is 1. The number of benzene rings is 1. The van der Waals surface area contributed by atoms with E-state index in [1.54, 1.807) is 17.0 Å². The molecule has 2 aliphatic heterocycles. The Hall–Kier alpha value is -3.49. The maximum absolute atomic E-state index is 14.8. The predicted octanol–water partition coefficient (Wildman–Crippen LogP) is 4.40. The molecule has 4 heterocycles. The molecule has 6 rings (SSSR count). The summed E-state index contributed by atoms with van der Waals surface area (Å²) in [4.78, 5) is 25.9. The molecule has 3 aromatic rings. The minimum absolute atomic E-state index is 0.0525. The van der Waals surface area contributed by atoms with E-state index in [9.17, 15) is 9.18 Å². The van der Waals surface area contributed by atoms with Gasteiger partial charge in [0, 0.05) is 62.3 Å². The zero-order valence-corrected chi connectivity index (χ0v) is 22.8. The van der Waals surface area contributed by atoms with Crippen LogP contribution in [0.2, 0.25) is 0 Å². The van der Waals surface area contributed by atoms with Gasteiger partial charge >= 0.3 is 0 Å². The maximum atomic E-state index is 14.8. The molecule has 0 spiro atoms. The Morgan fingerprint density at radius 1 is 1.15 bits per heavy atom. The zero-order chi connectivity index (χ0) is 26.9. The number of aromatic nitrogens is 4. The summed E-state index contributed by atoms with van der Waals surface area (Å²) in [5.41, 5.74) is 4.60. The lowest BCUT2D eigenvalue weighted by Crippen LogP contribution is -2.37. The third-order valence-electron chi connectivity index (χ3n) is 8.78. The second-order valence-electron chi connectivity index (χ2n) is 11.5. The predicted molar refractivity (Wildman–Crippen MR) is 146 cm³/mol. The van der Waals surface area contributed by atoms with Gasteiger partial charge in [-0.2, -0.15) is 5.10 Å². The van der Waals surface area contributed by atoms with Crippen LogP contribution in [0.25, 0.3) is 0 Å². The minimum Gasteiger partial charge on any atom is -0.493 e. The van der Waals surface area contributed by atoms with Crippen LogP contribution in [-0.4, -0.2) is 57.2 Å². The van der Waals surface area contributed by atoms with Crippen molar-refractivity contribution in [2.24, 2.45) is 17.8 Å². The minimum atomic E-state index is -0.383. The van der Waals surface area contributed by atoms with Crippen molar-refractivity contribution in [2.75, 3.05) is 31.1 Å². The fraction of sp³-hybridized carbons (Fsp3) is 0.533. The molecule has 1 N–H and O–H groups in total. The number of halogens is 1. The standard InChI is InChI=1S/C30H37FN6O2/c1-19-16-32-30(33-17-19)36-9-5-21(6-10-36)25-13-22(25)8-12-39-24-4-3-23(27(31)15-24)14-29(38)37-11-7-28-26(18-37)20(2)34-35-28/h3-4,15-17,21-22,25H,5-14,18H2,1-2H3,(H,34,35)/t22-,25-/m1/s1. The Kier molecular flexibility index (Phi) is 7.23. The average molecular weight is 533 g/mol. The Labute approximate surface area is 229 Å². The van der Waals surface area contributed by atoms with Gasteiger partial charge in [0.25, 0.3) is 0 Å². The van der Waals surface area contributed by atoms with Gasteiger partial charge in [0.2, 0.25) is 11.9 Å². The number of rotatable bonds is 8. The molecule has 1 saturated heterocycles. The normalized spacial score (nSPS) is 21.1. The van der Waals surface area contributed by atoms with E-state index in [4.69, 9.17) is 4.74 Å². The summed E-state index contributed by atoms with van der Waals surface area (Å²) >= 11 is 0. The van der Waals surface area contributed by atoms with Crippen LogP contribution in [-0.2, 0) is 24.2 Å². The van der Waals surface area contributed by atoms with Crippen LogP contribution in [0, 0.1) is 37.4 Å². The van der Waals surface area contributed by atoms with Crippen LogP contribution in [0.3, 0.4) is 0 Å². The van der Waals surface area contributed by atoms with Crippen LogP contribution in [0.15, 0.2) is 30.6 Å². The highest BCUT2D eigenvalue weighted by Gasteiger charge is 2.43. The lowest BCUT2D eigenvalue weighted by atomic mass is 9.90. The first-order chi connectivity index (χ1) is 18.9. The van der Waals surface area contributed by atoms with Gasteiger partial charge in [0.1, 0.15) is 11.6 Å². The van der Waals surface area contributed by atoms with Crippen molar-refractivity contribution in [1.82, 2.24) is 25.1 Å². The van der Waals surface area contributed by atoms with Gasteiger partial charge in [-0.05, 0) is 74.5 Å². The maximum Gasteiger partial charge on any atom is 0.227 e. The van der Waals surface area contributed by atoms with E-state index in [-0.39, 0.29) is 18.1 Å². The second-order valence-corrected chi connectivity index (χ2v) is 11.5. The summed E-state index contributed by atoms with van der Waals surface area (Å²) in [5.74, 6) is 3.16. The number of anilines is 1. The molecule has 1 aromatic carbocycles. The van der Waals surface area contributed by atoms with E-state index in [0.29, 0.717) is 36.9 Å². The summed E-state index contributed by atoms with van der Waals surface area (Å²) in [6.07, 6.45) is 9.18. The highest BCUT2D eigenvalue weighted by molar-refractivity contribution is 5.79. The monoisotopic (exact) mass is 532 g/mol. The molecule has 0 unspecified atom stereocenters. The number of carbonyl (C=O) groups is 1. The Morgan fingerprint density at radius 3 is 2.72 bits per heavy atom. The van der Waals surface area contributed by atoms with Gasteiger partial charge in [-0.1, -0.05) is 6.07 Å². The molecular formula is C30H37FN6O2. The first-order valence-corrected chi connectivity index (χ1v) is 14.2. The van der Waals surface area contributed by atoms with Crippen molar-refractivity contribution in [3.63, 3.8) is 0 Å². The molecule has 9 heteroatoms. The van der Waals surface area contributed by atoms with Gasteiger partial charge in [-0.15, -0.1) is 0 Å².